The number of nitrogens with one attached hydrogen (secondary N) is 2. The Morgan fingerprint density at radius 2 is 1.91 bits per heavy atom. The number of piperidine rings is 1. The Morgan fingerprint density at radius 1 is 1.30 bits per heavy atom. The maximum atomic E-state index is 12.2. The van der Waals surface area contributed by atoms with E-state index in [0.717, 1.165) is 12.8 Å². The minimum absolute atomic E-state index is 0. The van der Waals surface area contributed by atoms with Crippen LogP contribution in [0.25, 0.3) is 0 Å². The zero-order chi connectivity index (χ0) is 16.2. The molecule has 2 heterocycles. The Bertz CT molecular complexity index is 476. The average molecular weight is 370 g/mol. The Morgan fingerprint density at radius 3 is 2.48 bits per heavy atom. The molecule has 2 aliphatic heterocycles. The van der Waals surface area contributed by atoms with Crippen LogP contribution in [-0.4, -0.2) is 69.9 Å². The highest BCUT2D eigenvalue weighted by molar-refractivity contribution is 7.89. The van der Waals surface area contributed by atoms with Crippen LogP contribution in [0.15, 0.2) is 0 Å². The molecule has 2 unspecified atom stereocenters. The second kappa shape index (κ2) is 9.17. The number of likely N-dealkylation sites (N-methyl/N-ethyl adjacent to an activating group) is 1. The molecule has 0 aromatic rings. The molecule has 0 aliphatic carbocycles. The van der Waals surface area contributed by atoms with Crippen LogP contribution >= 0.6 is 12.4 Å². The van der Waals surface area contributed by atoms with E-state index in [0.29, 0.717) is 18.7 Å². The molecule has 0 aromatic carbocycles. The number of fused-ring (bicyclic) bond motifs is 2. The summed E-state index contributed by atoms with van der Waals surface area (Å²) in [6, 6.07) is 1.21. The van der Waals surface area contributed by atoms with Crippen molar-refractivity contribution in [2.75, 3.05) is 32.6 Å². The van der Waals surface area contributed by atoms with Gasteiger partial charge in [0.2, 0.25) is 15.9 Å². The van der Waals surface area contributed by atoms with Gasteiger partial charge in [-0.05, 0) is 32.6 Å². The van der Waals surface area contributed by atoms with Gasteiger partial charge in [-0.25, -0.2) is 13.1 Å². The number of halogens is 1. The molecular formula is C14H28ClN3O4S. The third kappa shape index (κ3) is 6.19. The van der Waals surface area contributed by atoms with Gasteiger partial charge < -0.3 is 15.0 Å². The summed E-state index contributed by atoms with van der Waals surface area (Å²) in [5.41, 5.74) is 0. The molecule has 1 amide bonds. The van der Waals surface area contributed by atoms with E-state index in [1.165, 1.54) is 12.8 Å². The van der Waals surface area contributed by atoms with Crippen molar-refractivity contribution in [3.8, 4) is 0 Å². The van der Waals surface area contributed by atoms with E-state index < -0.39 is 10.0 Å². The lowest BCUT2D eigenvalue weighted by molar-refractivity contribution is -0.131. The van der Waals surface area contributed by atoms with Gasteiger partial charge in [-0.2, -0.15) is 0 Å². The SMILES string of the molecule is CCOCCS(=O)(=O)NCC(=O)N(C)C1CC2CCC(C1)N2.Cl. The molecule has 2 aliphatic rings. The van der Waals surface area contributed by atoms with Crippen LogP contribution < -0.4 is 10.0 Å². The van der Waals surface area contributed by atoms with Crippen LogP contribution in [0.4, 0.5) is 0 Å². The van der Waals surface area contributed by atoms with Gasteiger partial charge in [-0.3, -0.25) is 4.79 Å². The lowest BCUT2D eigenvalue weighted by Crippen LogP contribution is -2.50. The summed E-state index contributed by atoms with van der Waals surface area (Å²) >= 11 is 0. The van der Waals surface area contributed by atoms with Crippen molar-refractivity contribution < 1.29 is 17.9 Å². The van der Waals surface area contributed by atoms with E-state index >= 15 is 0 Å². The highest BCUT2D eigenvalue weighted by atomic mass is 35.5. The normalized spacial score (nSPS) is 26.6. The lowest BCUT2D eigenvalue weighted by Gasteiger charge is -2.35. The Balaban J connectivity index is 0.00000264. The second-order valence-corrected chi connectivity index (χ2v) is 8.03. The van der Waals surface area contributed by atoms with Crippen LogP contribution in [-0.2, 0) is 19.6 Å². The summed E-state index contributed by atoms with van der Waals surface area (Å²) in [6.45, 7) is 2.26. The summed E-state index contributed by atoms with van der Waals surface area (Å²) in [4.78, 5) is 13.9. The maximum Gasteiger partial charge on any atom is 0.237 e. The highest BCUT2D eigenvalue weighted by Gasteiger charge is 2.36. The van der Waals surface area contributed by atoms with Crippen LogP contribution in [0, 0.1) is 0 Å². The van der Waals surface area contributed by atoms with Crippen molar-refractivity contribution in [2.45, 2.75) is 50.7 Å². The third-order valence-electron chi connectivity index (χ3n) is 4.53. The molecule has 9 heteroatoms. The summed E-state index contributed by atoms with van der Waals surface area (Å²) in [7, 11) is -1.69. The molecule has 2 fully saturated rings. The first kappa shape index (κ1) is 20.6. The molecule has 0 radical (unpaired) electrons. The first-order valence-electron chi connectivity index (χ1n) is 7.98. The minimum atomic E-state index is -3.46. The lowest BCUT2D eigenvalue weighted by atomic mass is 9.98. The first-order chi connectivity index (χ1) is 10.4. The molecule has 0 saturated carbocycles. The molecule has 2 rings (SSSR count). The van der Waals surface area contributed by atoms with Gasteiger partial charge in [0.25, 0.3) is 0 Å². The second-order valence-electron chi connectivity index (χ2n) is 6.10. The minimum Gasteiger partial charge on any atom is -0.381 e. The van der Waals surface area contributed by atoms with Gasteiger partial charge in [-0.15, -0.1) is 12.4 Å². The zero-order valence-corrected chi connectivity index (χ0v) is 15.4. The maximum absolute atomic E-state index is 12.2. The van der Waals surface area contributed by atoms with Crippen molar-refractivity contribution in [3.63, 3.8) is 0 Å². The number of rotatable bonds is 8. The van der Waals surface area contributed by atoms with E-state index in [4.69, 9.17) is 4.74 Å². The van der Waals surface area contributed by atoms with Gasteiger partial charge in [-0.1, -0.05) is 0 Å². The molecule has 0 spiro atoms. The van der Waals surface area contributed by atoms with Gasteiger partial charge in [0.15, 0.2) is 0 Å². The summed E-state index contributed by atoms with van der Waals surface area (Å²) < 4.78 is 30.9. The summed E-state index contributed by atoms with van der Waals surface area (Å²) in [6.07, 6.45) is 4.26. The fourth-order valence-corrected chi connectivity index (χ4v) is 4.05. The first-order valence-corrected chi connectivity index (χ1v) is 9.63. The number of hydrogen-bond acceptors (Lipinski definition) is 5. The smallest absolute Gasteiger partial charge is 0.237 e. The van der Waals surface area contributed by atoms with Crippen LogP contribution in [0.5, 0.6) is 0 Å². The van der Waals surface area contributed by atoms with E-state index in [1.807, 2.05) is 6.92 Å². The predicted octanol–water partition coefficient (Wildman–Crippen LogP) is 0.106. The Kier molecular flexibility index (Phi) is 8.23. The zero-order valence-electron chi connectivity index (χ0n) is 13.8. The van der Waals surface area contributed by atoms with Crippen molar-refractivity contribution in [3.05, 3.63) is 0 Å². The molecule has 2 N–H and O–H groups in total. The monoisotopic (exact) mass is 369 g/mol. The fourth-order valence-electron chi connectivity index (χ4n) is 3.23. The predicted molar refractivity (Wildman–Crippen MR) is 91.3 cm³/mol. The molecular weight excluding hydrogens is 342 g/mol. The van der Waals surface area contributed by atoms with E-state index in [-0.39, 0.29) is 43.3 Å². The van der Waals surface area contributed by atoms with Crippen molar-refractivity contribution in [1.29, 1.82) is 0 Å². The number of sulfonamides is 1. The number of carbonyl (C=O) groups is 1. The van der Waals surface area contributed by atoms with Crippen molar-refractivity contribution in [1.82, 2.24) is 14.9 Å². The fraction of sp³-hybridized carbons (Fsp3) is 0.929. The van der Waals surface area contributed by atoms with E-state index in [1.54, 1.807) is 11.9 Å². The van der Waals surface area contributed by atoms with Gasteiger partial charge in [0, 0.05) is 31.8 Å². The van der Waals surface area contributed by atoms with Gasteiger partial charge in [0.1, 0.15) is 0 Å². The van der Waals surface area contributed by atoms with Gasteiger partial charge in [0.05, 0.1) is 18.9 Å². The number of nitrogens with zero attached hydrogens (tertiary/aromatic N) is 1. The average Bonchev–Trinajstić information content (AvgIpc) is 2.82. The quantitative estimate of drug-likeness (QED) is 0.593. The molecule has 136 valence electrons. The molecule has 0 aromatic heterocycles. The summed E-state index contributed by atoms with van der Waals surface area (Å²) in [5, 5.41) is 3.54. The number of carbonyl (C=O) groups excluding carboxylic acids is 1. The Labute approximate surface area is 145 Å². The third-order valence-corrected chi connectivity index (χ3v) is 5.82. The van der Waals surface area contributed by atoms with Crippen LogP contribution in [0.3, 0.4) is 0 Å². The topological polar surface area (TPSA) is 87.7 Å². The molecule has 2 saturated heterocycles. The van der Waals surface area contributed by atoms with E-state index in [2.05, 4.69) is 10.0 Å². The standard InChI is InChI=1S/C14H27N3O4S.ClH/c1-3-21-6-7-22(19,20)15-10-14(18)17(2)13-8-11-4-5-12(9-13)16-11;/h11-13,15-16H,3-10H2,1-2H3;1H. The molecule has 7 nitrogen and oxygen atoms in total. The molecule has 23 heavy (non-hydrogen) atoms. The van der Waals surface area contributed by atoms with Crippen LogP contribution in [0.1, 0.15) is 32.6 Å². The number of hydrogen-bond donors (Lipinski definition) is 2. The number of ether oxygens (including phenoxy) is 1. The highest BCUT2D eigenvalue weighted by Crippen LogP contribution is 2.29. The largest absolute Gasteiger partial charge is 0.381 e. The van der Waals surface area contributed by atoms with E-state index in [9.17, 15) is 13.2 Å². The Hall–Kier alpha value is -0.410. The number of amides is 1. The van der Waals surface area contributed by atoms with Crippen molar-refractivity contribution in [2.24, 2.45) is 0 Å². The van der Waals surface area contributed by atoms with Crippen molar-refractivity contribution >= 4 is 28.3 Å². The molecule has 2 atom stereocenters. The summed E-state index contributed by atoms with van der Waals surface area (Å²) in [5.74, 6) is -0.290. The van der Waals surface area contributed by atoms with Crippen LogP contribution in [0.2, 0.25) is 0 Å². The molecule has 2 bridgehead atoms. The van der Waals surface area contributed by atoms with Gasteiger partial charge >= 0.3 is 0 Å².